The molecule has 0 aromatic carbocycles. The molecule has 0 saturated heterocycles. The van der Waals surface area contributed by atoms with Crippen LogP contribution in [0.25, 0.3) is 0 Å². The summed E-state index contributed by atoms with van der Waals surface area (Å²) in [6, 6.07) is 0. The van der Waals surface area contributed by atoms with Crippen molar-refractivity contribution < 1.29 is 70.8 Å². The van der Waals surface area contributed by atoms with Gasteiger partial charge in [0, 0.05) is 6.92 Å². The minimum Gasteiger partial charge on any atom is -0.546 e. The second-order valence-electron chi connectivity index (χ2n) is 1.57. The summed E-state index contributed by atoms with van der Waals surface area (Å²) in [6.07, 6.45) is -1.15. The summed E-state index contributed by atoms with van der Waals surface area (Å²) < 4.78 is 4.21. The number of hydrogen-bond acceptors (Lipinski definition) is 4. The smallest absolute Gasteiger partial charge is 0.546 e. The van der Waals surface area contributed by atoms with E-state index in [4.69, 9.17) is 0 Å². The third-order valence-electron chi connectivity index (χ3n) is 0.675. The average molecular weight is 170 g/mol. The van der Waals surface area contributed by atoms with Crippen LogP contribution in [0.5, 0.6) is 0 Å². The molecule has 52 valence electrons. The summed E-state index contributed by atoms with van der Waals surface area (Å²) in [5, 5.41) is 9.85. The maximum Gasteiger partial charge on any atom is 1.00 e. The molecule has 0 spiro atoms. The molecule has 0 heterocycles. The summed E-state index contributed by atoms with van der Waals surface area (Å²) in [7, 11) is 0. The van der Waals surface area contributed by atoms with Crippen LogP contribution in [0.1, 0.15) is 13.8 Å². The molecular formula is C5H7KO4. The van der Waals surface area contributed by atoms with Crippen molar-refractivity contribution in [3.63, 3.8) is 0 Å². The Labute approximate surface area is 101 Å². The average Bonchev–Trinajstić information content (AvgIpc) is 1.63. The van der Waals surface area contributed by atoms with Crippen LogP contribution >= 0.6 is 0 Å². The predicted molar refractivity (Wildman–Crippen MR) is 26.2 cm³/mol. The van der Waals surface area contributed by atoms with Crippen molar-refractivity contribution in [3.05, 3.63) is 0 Å². The van der Waals surface area contributed by atoms with Gasteiger partial charge in [0.1, 0.15) is 6.10 Å². The zero-order valence-corrected chi connectivity index (χ0v) is 9.33. The van der Waals surface area contributed by atoms with Gasteiger partial charge in [-0.1, -0.05) is 0 Å². The molecule has 0 aliphatic carbocycles. The molecule has 0 N–H and O–H groups in total. The number of carboxylic acid groups (broad SMARTS) is 1. The summed E-state index contributed by atoms with van der Waals surface area (Å²) in [4.78, 5) is 19.9. The molecule has 0 aromatic rings. The van der Waals surface area contributed by atoms with Crippen LogP contribution < -0.4 is 56.5 Å². The van der Waals surface area contributed by atoms with Gasteiger partial charge in [0.05, 0.1) is 5.97 Å². The second kappa shape index (κ2) is 6.30. The molecule has 0 aromatic heterocycles. The Kier molecular flexibility index (Phi) is 8.30. The van der Waals surface area contributed by atoms with Gasteiger partial charge in [-0.15, -0.1) is 0 Å². The number of aliphatic carboxylic acids is 1. The van der Waals surface area contributed by atoms with E-state index in [1.54, 1.807) is 0 Å². The Hall–Kier alpha value is 0.576. The van der Waals surface area contributed by atoms with Gasteiger partial charge in [0.15, 0.2) is 0 Å². The van der Waals surface area contributed by atoms with Gasteiger partial charge in [0.2, 0.25) is 0 Å². The maximum absolute atomic E-state index is 10.0. The minimum atomic E-state index is -1.38. The SMILES string of the molecule is CC(=O)OC(C)C(=O)[O-].[K+]. The van der Waals surface area contributed by atoms with Crippen molar-refractivity contribution in [1.29, 1.82) is 0 Å². The van der Waals surface area contributed by atoms with Crippen molar-refractivity contribution >= 4 is 11.9 Å². The van der Waals surface area contributed by atoms with Gasteiger partial charge in [-0.2, -0.15) is 0 Å². The molecule has 0 rings (SSSR count). The number of rotatable bonds is 2. The van der Waals surface area contributed by atoms with E-state index in [-0.39, 0.29) is 51.4 Å². The molecule has 0 aliphatic heterocycles. The van der Waals surface area contributed by atoms with E-state index in [2.05, 4.69) is 4.74 Å². The van der Waals surface area contributed by atoms with Gasteiger partial charge >= 0.3 is 57.4 Å². The predicted octanol–water partition coefficient (Wildman–Crippen LogP) is -4.31. The zero-order chi connectivity index (χ0) is 7.44. The third kappa shape index (κ3) is 6.69. The molecule has 5 heteroatoms. The summed E-state index contributed by atoms with van der Waals surface area (Å²) in [6.45, 7) is 2.37. The monoisotopic (exact) mass is 170 g/mol. The van der Waals surface area contributed by atoms with E-state index in [0.717, 1.165) is 6.92 Å². The first-order valence-electron chi connectivity index (χ1n) is 2.42. The van der Waals surface area contributed by atoms with E-state index >= 15 is 0 Å². The Balaban J connectivity index is 0. The molecule has 1 unspecified atom stereocenters. The number of carbonyl (C=O) groups excluding carboxylic acids is 2. The van der Waals surface area contributed by atoms with Crippen molar-refractivity contribution in [2.24, 2.45) is 0 Å². The molecule has 0 saturated carbocycles. The third-order valence-corrected chi connectivity index (χ3v) is 0.675. The normalized spacial score (nSPS) is 11.0. The fraction of sp³-hybridized carbons (Fsp3) is 0.600. The summed E-state index contributed by atoms with van der Waals surface area (Å²) in [5.41, 5.74) is 0. The van der Waals surface area contributed by atoms with E-state index in [0.29, 0.717) is 0 Å². The second-order valence-corrected chi connectivity index (χ2v) is 1.57. The van der Waals surface area contributed by atoms with Crippen LogP contribution in [-0.4, -0.2) is 18.0 Å². The Morgan fingerprint density at radius 1 is 1.50 bits per heavy atom. The minimum absolute atomic E-state index is 0. The molecule has 0 radical (unpaired) electrons. The molecule has 1 atom stereocenters. The molecule has 0 fully saturated rings. The first-order chi connectivity index (χ1) is 4.04. The number of ether oxygens (including phenoxy) is 1. The molecule has 0 amide bonds. The quantitative estimate of drug-likeness (QED) is 0.310. The van der Waals surface area contributed by atoms with E-state index < -0.39 is 18.0 Å². The first kappa shape index (κ1) is 13.2. The van der Waals surface area contributed by atoms with Crippen molar-refractivity contribution in [1.82, 2.24) is 0 Å². The summed E-state index contributed by atoms with van der Waals surface area (Å²) >= 11 is 0. The number of carboxylic acids is 1. The standard InChI is InChI=1S/C5H8O4.K/c1-3(5(7)8)9-4(2)6;/h3H,1-2H3,(H,7,8);/q;+1/p-1. The van der Waals surface area contributed by atoms with Crippen LogP contribution in [0, 0.1) is 0 Å². The van der Waals surface area contributed by atoms with Gasteiger partial charge in [-0.3, -0.25) is 4.79 Å². The maximum atomic E-state index is 10.0. The van der Waals surface area contributed by atoms with Crippen LogP contribution in [0.3, 0.4) is 0 Å². The van der Waals surface area contributed by atoms with Crippen LogP contribution in [0.2, 0.25) is 0 Å². The Morgan fingerprint density at radius 2 is 1.90 bits per heavy atom. The van der Waals surface area contributed by atoms with E-state index in [1.807, 2.05) is 0 Å². The molecule has 0 bridgehead atoms. The van der Waals surface area contributed by atoms with Crippen LogP contribution in [0.4, 0.5) is 0 Å². The topological polar surface area (TPSA) is 66.4 Å². The fourth-order valence-electron chi connectivity index (χ4n) is 0.297. The van der Waals surface area contributed by atoms with Gasteiger partial charge in [0.25, 0.3) is 0 Å². The van der Waals surface area contributed by atoms with Crippen molar-refractivity contribution in [3.8, 4) is 0 Å². The number of hydrogen-bond donors (Lipinski definition) is 0. The number of esters is 1. The van der Waals surface area contributed by atoms with E-state index in [9.17, 15) is 14.7 Å². The fourth-order valence-corrected chi connectivity index (χ4v) is 0.297. The van der Waals surface area contributed by atoms with Crippen LogP contribution in [0.15, 0.2) is 0 Å². The van der Waals surface area contributed by atoms with Gasteiger partial charge < -0.3 is 14.6 Å². The summed E-state index contributed by atoms with van der Waals surface area (Å²) in [5.74, 6) is -2.00. The van der Waals surface area contributed by atoms with Crippen molar-refractivity contribution in [2.75, 3.05) is 0 Å². The largest absolute Gasteiger partial charge is 1.00 e. The molecule has 10 heavy (non-hydrogen) atoms. The molecule has 0 aliphatic rings. The number of carbonyl (C=O) groups is 2. The Morgan fingerprint density at radius 3 is 2.00 bits per heavy atom. The zero-order valence-electron chi connectivity index (χ0n) is 6.21. The van der Waals surface area contributed by atoms with E-state index in [1.165, 1.54) is 6.92 Å². The molecular weight excluding hydrogens is 163 g/mol. The van der Waals surface area contributed by atoms with Crippen molar-refractivity contribution in [2.45, 2.75) is 20.0 Å². The van der Waals surface area contributed by atoms with Crippen LogP contribution in [-0.2, 0) is 14.3 Å². The molecule has 4 nitrogen and oxygen atoms in total. The van der Waals surface area contributed by atoms with Gasteiger partial charge in [-0.05, 0) is 6.92 Å². The first-order valence-corrected chi connectivity index (χ1v) is 2.42. The van der Waals surface area contributed by atoms with Gasteiger partial charge in [-0.25, -0.2) is 0 Å². The Bertz CT molecular complexity index is 134.